The van der Waals surface area contributed by atoms with Crippen LogP contribution >= 0.6 is 15.9 Å². The van der Waals surface area contributed by atoms with Gasteiger partial charge in [-0.05, 0) is 42.0 Å². The molecule has 26 heavy (non-hydrogen) atoms. The summed E-state index contributed by atoms with van der Waals surface area (Å²) in [5.74, 6) is -0.196. The van der Waals surface area contributed by atoms with Gasteiger partial charge in [-0.2, -0.15) is 0 Å². The summed E-state index contributed by atoms with van der Waals surface area (Å²) in [5, 5.41) is 0.454. The number of halogens is 1. The average Bonchev–Trinajstić information content (AvgIpc) is 2.91. The monoisotopic (exact) mass is 411 g/mol. The molecule has 0 fully saturated rings. The van der Waals surface area contributed by atoms with Crippen molar-refractivity contribution < 1.29 is 9.59 Å². The number of carbonyl (C=O) groups is 2. The van der Waals surface area contributed by atoms with Crippen molar-refractivity contribution in [3.63, 3.8) is 0 Å². The molecule has 2 aromatic carbocycles. The molecular weight excluding hydrogens is 398 g/mol. The average molecular weight is 412 g/mol. The van der Waals surface area contributed by atoms with Gasteiger partial charge in [-0.15, -0.1) is 0 Å². The zero-order chi connectivity index (χ0) is 18.4. The van der Waals surface area contributed by atoms with E-state index in [0.717, 1.165) is 15.7 Å². The molecule has 0 atom stereocenters. The standard InChI is InChI=1S/C19H14BrN3O3/c1-22-16-5-2-11(6-12(16)7-18(22)25)17(24)9-23-10-21-15-4-3-13(20)8-14(15)19(23)26/h2-6,8,10H,7,9H2,1H3. The van der Waals surface area contributed by atoms with Gasteiger partial charge in [0.25, 0.3) is 5.56 Å². The zero-order valence-corrected chi connectivity index (χ0v) is 15.5. The van der Waals surface area contributed by atoms with Gasteiger partial charge in [-0.1, -0.05) is 15.9 Å². The molecular formula is C19H14BrN3O3. The summed E-state index contributed by atoms with van der Waals surface area (Å²) in [6, 6.07) is 10.4. The van der Waals surface area contributed by atoms with E-state index in [9.17, 15) is 14.4 Å². The fraction of sp³-hybridized carbons (Fsp3) is 0.158. The summed E-state index contributed by atoms with van der Waals surface area (Å²) in [6.45, 7) is -0.100. The fourth-order valence-electron chi connectivity index (χ4n) is 3.13. The second kappa shape index (κ2) is 6.17. The van der Waals surface area contributed by atoms with Gasteiger partial charge in [-0.3, -0.25) is 19.0 Å². The molecule has 1 aliphatic heterocycles. The van der Waals surface area contributed by atoms with E-state index >= 15 is 0 Å². The Morgan fingerprint density at radius 1 is 1.19 bits per heavy atom. The van der Waals surface area contributed by atoms with Crippen molar-refractivity contribution in [3.05, 3.63) is 68.7 Å². The maximum Gasteiger partial charge on any atom is 0.261 e. The van der Waals surface area contributed by atoms with Crippen molar-refractivity contribution in [2.75, 3.05) is 11.9 Å². The molecule has 1 amide bonds. The highest BCUT2D eigenvalue weighted by Gasteiger charge is 2.24. The number of rotatable bonds is 3. The molecule has 0 saturated heterocycles. The van der Waals surface area contributed by atoms with Crippen molar-refractivity contribution in [1.82, 2.24) is 9.55 Å². The van der Waals surface area contributed by atoms with E-state index in [1.807, 2.05) is 6.07 Å². The highest BCUT2D eigenvalue weighted by molar-refractivity contribution is 9.10. The highest BCUT2D eigenvalue weighted by atomic mass is 79.9. The lowest BCUT2D eigenvalue weighted by Gasteiger charge is -2.11. The summed E-state index contributed by atoms with van der Waals surface area (Å²) in [4.78, 5) is 42.9. The molecule has 130 valence electrons. The molecule has 1 aromatic heterocycles. The van der Waals surface area contributed by atoms with E-state index in [1.54, 1.807) is 42.3 Å². The van der Waals surface area contributed by atoms with Gasteiger partial charge < -0.3 is 4.90 Å². The van der Waals surface area contributed by atoms with Crippen LogP contribution < -0.4 is 10.5 Å². The van der Waals surface area contributed by atoms with Crippen LogP contribution in [-0.2, 0) is 17.8 Å². The molecule has 1 aliphatic rings. The van der Waals surface area contributed by atoms with E-state index in [1.165, 1.54) is 10.9 Å². The Kier molecular flexibility index (Phi) is 3.96. The quantitative estimate of drug-likeness (QED) is 0.620. The first-order valence-corrected chi connectivity index (χ1v) is 8.81. The third-order valence-electron chi connectivity index (χ3n) is 4.58. The number of aromatic nitrogens is 2. The number of hydrogen-bond donors (Lipinski definition) is 0. The first-order chi connectivity index (χ1) is 12.4. The molecule has 0 N–H and O–H groups in total. The maximum atomic E-state index is 12.6. The lowest BCUT2D eigenvalue weighted by molar-refractivity contribution is -0.117. The van der Waals surface area contributed by atoms with Gasteiger partial charge in [0.1, 0.15) is 0 Å². The first-order valence-electron chi connectivity index (χ1n) is 8.01. The van der Waals surface area contributed by atoms with Crippen LogP contribution in [-0.4, -0.2) is 28.3 Å². The molecule has 0 aliphatic carbocycles. The SMILES string of the molecule is CN1C(=O)Cc2cc(C(=O)Cn3cnc4ccc(Br)cc4c3=O)ccc21. The predicted molar refractivity (Wildman–Crippen MR) is 102 cm³/mol. The van der Waals surface area contributed by atoms with E-state index in [0.29, 0.717) is 22.9 Å². The molecule has 6 nitrogen and oxygen atoms in total. The number of benzene rings is 2. The number of Topliss-reactive ketones (excluding diaryl/α,β-unsaturated/α-hetero) is 1. The Bertz CT molecular complexity index is 1140. The van der Waals surface area contributed by atoms with E-state index in [-0.39, 0.29) is 23.8 Å². The summed E-state index contributed by atoms with van der Waals surface area (Å²) >= 11 is 3.34. The van der Waals surface area contributed by atoms with E-state index in [4.69, 9.17) is 0 Å². The Labute approximate surface area is 157 Å². The van der Waals surface area contributed by atoms with Gasteiger partial charge in [-0.25, -0.2) is 4.98 Å². The predicted octanol–water partition coefficient (Wildman–Crippen LogP) is 2.56. The Hall–Kier alpha value is -2.80. The van der Waals surface area contributed by atoms with E-state index < -0.39 is 0 Å². The molecule has 0 unspecified atom stereocenters. The smallest absolute Gasteiger partial charge is 0.261 e. The van der Waals surface area contributed by atoms with Crippen molar-refractivity contribution in [2.24, 2.45) is 0 Å². The topological polar surface area (TPSA) is 72.3 Å². The van der Waals surface area contributed by atoms with Crippen LogP contribution in [0.2, 0.25) is 0 Å². The fourth-order valence-corrected chi connectivity index (χ4v) is 3.49. The Morgan fingerprint density at radius 2 is 2.00 bits per heavy atom. The van der Waals surface area contributed by atoms with Crippen molar-refractivity contribution >= 4 is 44.2 Å². The van der Waals surface area contributed by atoms with Gasteiger partial charge in [0.15, 0.2) is 5.78 Å². The number of likely N-dealkylation sites (N-methyl/N-ethyl adjacent to an activating group) is 1. The number of hydrogen-bond acceptors (Lipinski definition) is 4. The molecule has 0 bridgehead atoms. The highest BCUT2D eigenvalue weighted by Crippen LogP contribution is 2.28. The molecule has 4 rings (SSSR count). The molecule has 0 spiro atoms. The Morgan fingerprint density at radius 3 is 2.81 bits per heavy atom. The second-order valence-electron chi connectivity index (χ2n) is 6.24. The second-order valence-corrected chi connectivity index (χ2v) is 7.15. The largest absolute Gasteiger partial charge is 0.315 e. The third kappa shape index (κ3) is 2.74. The van der Waals surface area contributed by atoms with Gasteiger partial charge in [0, 0.05) is 22.8 Å². The first kappa shape index (κ1) is 16.7. The van der Waals surface area contributed by atoms with Crippen LogP contribution in [0.4, 0.5) is 5.69 Å². The number of nitrogens with zero attached hydrogens (tertiary/aromatic N) is 3. The number of carbonyl (C=O) groups excluding carboxylic acids is 2. The van der Waals surface area contributed by atoms with Crippen molar-refractivity contribution in [3.8, 4) is 0 Å². The molecule has 0 radical (unpaired) electrons. The van der Waals surface area contributed by atoms with Gasteiger partial charge in [0.05, 0.1) is 30.2 Å². The lowest BCUT2D eigenvalue weighted by atomic mass is 10.0. The summed E-state index contributed by atoms with van der Waals surface area (Å²) < 4.78 is 2.09. The third-order valence-corrected chi connectivity index (χ3v) is 5.07. The molecule has 3 aromatic rings. The van der Waals surface area contributed by atoms with E-state index in [2.05, 4.69) is 20.9 Å². The summed E-state index contributed by atoms with van der Waals surface area (Å²) in [6.07, 6.45) is 1.68. The van der Waals surface area contributed by atoms with Crippen LogP contribution in [0, 0.1) is 0 Å². The minimum atomic E-state index is -0.263. The number of anilines is 1. The molecule has 0 saturated carbocycles. The number of fused-ring (bicyclic) bond motifs is 2. The van der Waals surface area contributed by atoms with Gasteiger partial charge >= 0.3 is 0 Å². The van der Waals surface area contributed by atoms with Crippen molar-refractivity contribution in [2.45, 2.75) is 13.0 Å². The van der Waals surface area contributed by atoms with Crippen LogP contribution in [0.5, 0.6) is 0 Å². The van der Waals surface area contributed by atoms with Crippen LogP contribution in [0.25, 0.3) is 10.9 Å². The van der Waals surface area contributed by atoms with Crippen molar-refractivity contribution in [1.29, 1.82) is 0 Å². The van der Waals surface area contributed by atoms with Crippen LogP contribution in [0.15, 0.2) is 52.0 Å². The number of amides is 1. The normalized spacial score (nSPS) is 13.3. The van der Waals surface area contributed by atoms with Crippen LogP contribution in [0.1, 0.15) is 15.9 Å². The molecule has 7 heteroatoms. The lowest BCUT2D eigenvalue weighted by Crippen LogP contribution is -2.24. The molecule has 2 heterocycles. The van der Waals surface area contributed by atoms with Gasteiger partial charge in [0.2, 0.25) is 5.91 Å². The minimum absolute atomic E-state index is 0.00474. The summed E-state index contributed by atoms with van der Waals surface area (Å²) in [5.41, 5.74) is 2.45. The number of ketones is 1. The minimum Gasteiger partial charge on any atom is -0.315 e. The zero-order valence-electron chi connectivity index (χ0n) is 13.9. The maximum absolute atomic E-state index is 12.6. The Balaban J connectivity index is 1.66. The summed E-state index contributed by atoms with van der Waals surface area (Å²) in [7, 11) is 1.72. The van der Waals surface area contributed by atoms with Crippen LogP contribution in [0.3, 0.4) is 0 Å².